The molecule has 0 bridgehead atoms. The topological polar surface area (TPSA) is 74.2 Å². The average Bonchev–Trinajstić information content (AvgIpc) is 3.22. The second kappa shape index (κ2) is 12.2. The van der Waals surface area contributed by atoms with Gasteiger partial charge < -0.3 is 14.9 Å². The number of aliphatic hydroxyl groups is 1. The first kappa shape index (κ1) is 32.3. The highest BCUT2D eigenvalue weighted by Crippen LogP contribution is 2.66. The van der Waals surface area contributed by atoms with Crippen molar-refractivity contribution in [1.82, 2.24) is 10.2 Å². The molecule has 0 radical (unpaired) electrons. The third kappa shape index (κ3) is 7.29. The maximum Gasteiger partial charge on any atom is 0.436 e. The number of rotatable bonds is 9. The number of carbonyl (C=O) groups excluding carboxylic acids is 1. The molecule has 0 aromatic heterocycles. The van der Waals surface area contributed by atoms with Gasteiger partial charge in [0.25, 0.3) is 0 Å². The van der Waals surface area contributed by atoms with E-state index in [9.17, 15) is 23.1 Å². The van der Waals surface area contributed by atoms with Crippen LogP contribution in [-0.4, -0.2) is 92.4 Å². The molecule has 0 heterocycles. The van der Waals surface area contributed by atoms with E-state index in [-0.39, 0.29) is 35.9 Å². The first-order chi connectivity index (χ1) is 19.0. The Morgan fingerprint density at radius 1 is 1.12 bits per heavy atom. The molecular weight excluding hydrogens is 533 g/mol. The highest BCUT2D eigenvalue weighted by Gasteiger charge is 2.59. The molecule has 1 amide bonds. The summed E-state index contributed by atoms with van der Waals surface area (Å²) in [6.45, 7) is 6.85. The number of hydrogen-bond donors (Lipinski definition) is 2. The number of hydrogen-bond acceptors (Lipinski definition) is 5. The van der Waals surface area contributed by atoms with E-state index in [0.29, 0.717) is 34.9 Å². The molecule has 7 nitrogen and oxygen atoms in total. The van der Waals surface area contributed by atoms with E-state index in [4.69, 9.17) is 4.84 Å². The molecule has 7 atom stereocenters. The Kier molecular flexibility index (Phi) is 9.56. The molecule has 3 saturated carbocycles. The van der Waals surface area contributed by atoms with E-state index in [1.807, 2.05) is 28.1 Å². The fourth-order valence-corrected chi connectivity index (χ4v) is 8.83. The molecule has 3 fully saturated rings. The third-order valence-corrected chi connectivity index (χ3v) is 11.0. The number of alkyl halides is 3. The van der Waals surface area contributed by atoms with Gasteiger partial charge >= 0.3 is 12.3 Å². The van der Waals surface area contributed by atoms with Crippen LogP contribution in [-0.2, 0) is 4.84 Å². The summed E-state index contributed by atoms with van der Waals surface area (Å²) >= 11 is 0. The summed E-state index contributed by atoms with van der Waals surface area (Å²) in [5, 5.41) is 17.5. The van der Waals surface area contributed by atoms with Crippen LogP contribution in [0.2, 0.25) is 0 Å². The first-order valence-corrected chi connectivity index (χ1v) is 15.5. The number of oxime groups is 1. The highest BCUT2D eigenvalue weighted by atomic mass is 19.4. The average molecular weight is 586 g/mol. The molecule has 10 heteroatoms. The van der Waals surface area contributed by atoms with Crippen molar-refractivity contribution in [2.75, 3.05) is 53.9 Å². The van der Waals surface area contributed by atoms with Gasteiger partial charge in [-0.3, -0.25) is 9.74 Å². The summed E-state index contributed by atoms with van der Waals surface area (Å²) in [6, 6.07) is 0. The third-order valence-electron chi connectivity index (χ3n) is 11.0. The number of fused-ring (bicyclic) bond motifs is 5. The molecular formula is C31H52F3N4O3+. The van der Waals surface area contributed by atoms with Crippen LogP contribution in [0, 0.1) is 34.5 Å². The van der Waals surface area contributed by atoms with Gasteiger partial charge in [-0.2, -0.15) is 13.2 Å². The van der Waals surface area contributed by atoms with Crippen molar-refractivity contribution in [3.63, 3.8) is 0 Å². The number of likely N-dealkylation sites (N-methyl/N-ethyl adjacent to an activating group) is 1. The Bertz CT molecular complexity index is 1010. The minimum absolute atomic E-state index is 0.0358. The molecule has 4 rings (SSSR count). The van der Waals surface area contributed by atoms with Gasteiger partial charge in [-0.25, -0.2) is 4.79 Å². The van der Waals surface area contributed by atoms with E-state index in [0.717, 1.165) is 62.4 Å². The van der Waals surface area contributed by atoms with Crippen molar-refractivity contribution in [3.05, 3.63) is 11.6 Å². The second-order valence-electron chi connectivity index (χ2n) is 14.7. The van der Waals surface area contributed by atoms with Gasteiger partial charge in [-0.15, -0.1) is 0 Å². The zero-order chi connectivity index (χ0) is 30.2. The number of carbonyl (C=O) groups is 1. The number of quaternary nitrogens is 1. The number of nitrogens with zero attached hydrogens (tertiary/aromatic N) is 3. The molecule has 4 aliphatic rings. The monoisotopic (exact) mass is 585 g/mol. The van der Waals surface area contributed by atoms with Gasteiger partial charge in [0, 0.05) is 25.6 Å². The van der Waals surface area contributed by atoms with Gasteiger partial charge in [0.15, 0.2) is 0 Å². The standard InChI is InChI=1S/C31H52F3N4O3/c1-21(36-41-28(40)37(20-31(32,33)34)17-15-35-16-18-38(4,5)6)25-9-10-26-24-8-7-22-19-23(39)11-13-29(22,2)27(24)12-14-30(25,26)3/h19,23-27,35,39H,7-18,20H2,1-6H3/q+1/b36-21+/t23-,24+,25-,26+,27+,29+,30-/m1/s1. The Morgan fingerprint density at radius 2 is 1.85 bits per heavy atom. The summed E-state index contributed by atoms with van der Waals surface area (Å²) in [5.41, 5.74) is 2.36. The first-order valence-electron chi connectivity index (χ1n) is 15.5. The van der Waals surface area contributed by atoms with E-state index in [2.05, 4.69) is 30.4 Å². The van der Waals surface area contributed by atoms with Crippen molar-refractivity contribution < 1.29 is 32.4 Å². The number of halogens is 3. The fraction of sp³-hybridized carbons (Fsp3) is 0.871. The van der Waals surface area contributed by atoms with Gasteiger partial charge in [-0.1, -0.05) is 30.7 Å². The normalized spacial score (nSPS) is 35.7. The quantitative estimate of drug-likeness (QED) is 0.0923. The maximum atomic E-state index is 13.2. The number of aliphatic hydroxyl groups excluding tert-OH is 1. The minimum Gasteiger partial charge on any atom is -0.389 e. The lowest BCUT2D eigenvalue weighted by molar-refractivity contribution is -0.869. The van der Waals surface area contributed by atoms with Gasteiger partial charge in [0.2, 0.25) is 0 Å². The Balaban J connectivity index is 1.38. The van der Waals surface area contributed by atoms with Crippen molar-refractivity contribution >= 4 is 11.8 Å². The van der Waals surface area contributed by atoms with Crippen LogP contribution >= 0.6 is 0 Å². The van der Waals surface area contributed by atoms with Crippen molar-refractivity contribution in [2.24, 2.45) is 39.7 Å². The lowest BCUT2D eigenvalue weighted by Crippen LogP contribution is -2.51. The van der Waals surface area contributed by atoms with Gasteiger partial charge in [0.05, 0.1) is 39.5 Å². The van der Waals surface area contributed by atoms with Gasteiger partial charge in [-0.05, 0) is 86.9 Å². The van der Waals surface area contributed by atoms with Crippen LogP contribution in [0.25, 0.3) is 0 Å². The number of allylic oxidation sites excluding steroid dienone is 1. The lowest BCUT2D eigenvalue weighted by Gasteiger charge is -2.58. The van der Waals surface area contributed by atoms with Crippen LogP contribution in [0.4, 0.5) is 18.0 Å². The molecule has 4 aliphatic carbocycles. The van der Waals surface area contributed by atoms with Crippen LogP contribution in [0.1, 0.15) is 72.1 Å². The van der Waals surface area contributed by atoms with E-state index >= 15 is 0 Å². The summed E-state index contributed by atoms with van der Waals surface area (Å²) in [6.07, 6.45) is 4.56. The predicted molar refractivity (Wildman–Crippen MR) is 154 cm³/mol. The molecule has 0 spiro atoms. The van der Waals surface area contributed by atoms with E-state index in [1.54, 1.807) is 0 Å². The smallest absolute Gasteiger partial charge is 0.389 e. The fourth-order valence-electron chi connectivity index (χ4n) is 8.83. The van der Waals surface area contributed by atoms with Crippen molar-refractivity contribution in [3.8, 4) is 0 Å². The van der Waals surface area contributed by atoms with E-state index in [1.165, 1.54) is 5.57 Å². The molecule has 0 aliphatic heterocycles. The SMILES string of the molecule is C/C(=N\OC(=O)N(CCNCC[N+](C)(C)C)CC(F)(F)F)[C@H]1CC[C@H]2[C@@H]3CCC4=C[C@H](O)CC[C@]4(C)[C@H]3CC[C@]12C. The largest absolute Gasteiger partial charge is 0.436 e. The maximum absolute atomic E-state index is 13.2. The predicted octanol–water partition coefficient (Wildman–Crippen LogP) is 5.60. The van der Waals surface area contributed by atoms with Crippen LogP contribution < -0.4 is 5.32 Å². The zero-order valence-electron chi connectivity index (χ0n) is 25.9. The lowest BCUT2D eigenvalue weighted by atomic mass is 9.46. The van der Waals surface area contributed by atoms with Crippen LogP contribution in [0.15, 0.2) is 16.8 Å². The molecule has 2 N–H and O–H groups in total. The van der Waals surface area contributed by atoms with Crippen molar-refractivity contribution in [2.45, 2.75) is 84.4 Å². The Morgan fingerprint density at radius 3 is 2.54 bits per heavy atom. The molecule has 0 aromatic rings. The van der Waals surface area contributed by atoms with Gasteiger partial charge in [0.1, 0.15) is 6.54 Å². The number of amides is 1. The molecule has 234 valence electrons. The number of nitrogens with one attached hydrogen (secondary N) is 1. The highest BCUT2D eigenvalue weighted by molar-refractivity contribution is 5.85. The second-order valence-corrected chi connectivity index (χ2v) is 14.7. The summed E-state index contributed by atoms with van der Waals surface area (Å²) in [7, 11) is 6.12. The summed E-state index contributed by atoms with van der Waals surface area (Å²) in [4.78, 5) is 18.6. The molecule has 41 heavy (non-hydrogen) atoms. The zero-order valence-corrected chi connectivity index (χ0v) is 25.9. The van der Waals surface area contributed by atoms with Crippen LogP contribution in [0.3, 0.4) is 0 Å². The Hall–Kier alpha value is -1.65. The Labute approximate surface area is 244 Å². The van der Waals surface area contributed by atoms with E-state index < -0.39 is 18.8 Å². The molecule has 0 saturated heterocycles. The summed E-state index contributed by atoms with van der Waals surface area (Å²) in [5.74, 6) is 1.94. The van der Waals surface area contributed by atoms with Crippen LogP contribution in [0.5, 0.6) is 0 Å². The molecule has 0 unspecified atom stereocenters. The molecule has 0 aromatic carbocycles. The van der Waals surface area contributed by atoms with Crippen molar-refractivity contribution in [1.29, 1.82) is 0 Å². The summed E-state index contributed by atoms with van der Waals surface area (Å²) < 4.78 is 40.5. The minimum atomic E-state index is -4.52.